The predicted octanol–water partition coefficient (Wildman–Crippen LogP) is 3.21. The molecule has 19 heavy (non-hydrogen) atoms. The van der Waals surface area contributed by atoms with Crippen LogP contribution in [-0.4, -0.2) is 6.54 Å². The van der Waals surface area contributed by atoms with Crippen LogP contribution in [0, 0.1) is 12.7 Å². The minimum Gasteiger partial charge on any atom is -0.486 e. The summed E-state index contributed by atoms with van der Waals surface area (Å²) in [6.45, 7) is 2.74. The van der Waals surface area contributed by atoms with Crippen molar-refractivity contribution < 1.29 is 9.13 Å². The van der Waals surface area contributed by atoms with Crippen molar-refractivity contribution in [3.05, 3.63) is 65.0 Å². The Bertz CT molecular complexity index is 517. The predicted molar refractivity (Wildman–Crippen MR) is 74.7 cm³/mol. The molecule has 0 saturated heterocycles. The van der Waals surface area contributed by atoms with Gasteiger partial charge in [0.25, 0.3) is 0 Å². The van der Waals surface area contributed by atoms with Crippen LogP contribution in [0.1, 0.15) is 16.7 Å². The van der Waals surface area contributed by atoms with Gasteiger partial charge in [-0.05, 0) is 42.6 Å². The lowest BCUT2D eigenvalue weighted by atomic mass is 10.1. The van der Waals surface area contributed by atoms with Crippen LogP contribution in [0.2, 0.25) is 0 Å². The van der Waals surface area contributed by atoms with Gasteiger partial charge in [0.2, 0.25) is 0 Å². The maximum Gasteiger partial charge on any atom is 0.165 e. The lowest BCUT2D eigenvalue weighted by Gasteiger charge is -2.12. The highest BCUT2D eigenvalue weighted by Gasteiger charge is 2.09. The molecule has 0 atom stereocenters. The van der Waals surface area contributed by atoms with E-state index in [0.29, 0.717) is 25.3 Å². The van der Waals surface area contributed by atoms with Gasteiger partial charge in [-0.3, -0.25) is 0 Å². The molecule has 0 saturated carbocycles. The highest BCUT2D eigenvalue weighted by Crippen LogP contribution is 2.25. The Labute approximate surface area is 113 Å². The monoisotopic (exact) mass is 259 g/mol. The Morgan fingerprint density at radius 3 is 2.47 bits per heavy atom. The van der Waals surface area contributed by atoms with Crippen LogP contribution in [0.15, 0.2) is 42.5 Å². The molecule has 2 aromatic rings. The molecule has 0 aromatic heterocycles. The maximum atomic E-state index is 14.0. The fraction of sp³-hybridized carbons (Fsp3) is 0.250. The number of ether oxygens (including phenoxy) is 1. The molecule has 0 amide bonds. The van der Waals surface area contributed by atoms with Gasteiger partial charge in [-0.25, -0.2) is 4.39 Å². The maximum absolute atomic E-state index is 14.0. The van der Waals surface area contributed by atoms with Gasteiger partial charge in [0.1, 0.15) is 6.61 Å². The Hall–Kier alpha value is -1.87. The second-order valence-electron chi connectivity index (χ2n) is 4.54. The zero-order chi connectivity index (χ0) is 13.7. The Kier molecular flexibility index (Phi) is 4.53. The standard InChI is InChI=1S/C16H18FNO/c1-12-9-14(7-8-18)10-15(17)16(12)19-11-13-5-3-2-4-6-13/h2-6,9-10H,7-8,11,18H2,1H3. The number of hydrogen-bond acceptors (Lipinski definition) is 2. The fourth-order valence-corrected chi connectivity index (χ4v) is 2.03. The van der Waals surface area contributed by atoms with Crippen molar-refractivity contribution in [3.63, 3.8) is 0 Å². The highest BCUT2D eigenvalue weighted by atomic mass is 19.1. The number of nitrogens with two attached hydrogens (primary N) is 1. The minimum absolute atomic E-state index is 0.320. The molecular formula is C16H18FNO. The summed E-state index contributed by atoms with van der Waals surface area (Å²) in [5, 5.41) is 0. The fourth-order valence-electron chi connectivity index (χ4n) is 2.03. The van der Waals surface area contributed by atoms with Gasteiger partial charge in [0.15, 0.2) is 11.6 Å². The van der Waals surface area contributed by atoms with Crippen LogP contribution in [0.4, 0.5) is 4.39 Å². The molecule has 2 N–H and O–H groups in total. The normalized spacial score (nSPS) is 10.5. The molecule has 0 fully saturated rings. The van der Waals surface area contributed by atoms with Crippen LogP contribution in [0.25, 0.3) is 0 Å². The first-order valence-corrected chi connectivity index (χ1v) is 6.36. The van der Waals surface area contributed by atoms with Crippen molar-refractivity contribution in [2.45, 2.75) is 20.0 Å². The molecule has 0 spiro atoms. The van der Waals surface area contributed by atoms with E-state index in [1.165, 1.54) is 6.07 Å². The van der Waals surface area contributed by atoms with Gasteiger partial charge in [0, 0.05) is 0 Å². The summed E-state index contributed by atoms with van der Waals surface area (Å²) in [5.41, 5.74) is 8.21. The van der Waals surface area contributed by atoms with E-state index in [2.05, 4.69) is 0 Å². The summed E-state index contributed by atoms with van der Waals surface area (Å²) in [6, 6.07) is 13.2. The average molecular weight is 259 g/mol. The zero-order valence-electron chi connectivity index (χ0n) is 11.0. The lowest BCUT2D eigenvalue weighted by molar-refractivity contribution is 0.288. The molecule has 2 nitrogen and oxygen atoms in total. The molecule has 0 aliphatic heterocycles. The number of hydrogen-bond donors (Lipinski definition) is 1. The van der Waals surface area contributed by atoms with E-state index < -0.39 is 0 Å². The van der Waals surface area contributed by atoms with Crippen LogP contribution in [0.3, 0.4) is 0 Å². The summed E-state index contributed by atoms with van der Waals surface area (Å²) in [4.78, 5) is 0. The molecule has 2 aromatic carbocycles. The molecule has 2 rings (SSSR count). The Morgan fingerprint density at radius 1 is 1.11 bits per heavy atom. The Morgan fingerprint density at radius 2 is 1.84 bits per heavy atom. The van der Waals surface area contributed by atoms with Crippen molar-refractivity contribution in [1.82, 2.24) is 0 Å². The molecular weight excluding hydrogens is 241 g/mol. The molecule has 0 aliphatic carbocycles. The first-order chi connectivity index (χ1) is 9.20. The molecule has 100 valence electrons. The third-order valence-corrected chi connectivity index (χ3v) is 2.95. The molecule has 0 radical (unpaired) electrons. The van der Waals surface area contributed by atoms with E-state index in [9.17, 15) is 4.39 Å². The smallest absolute Gasteiger partial charge is 0.165 e. The average Bonchev–Trinajstić information content (AvgIpc) is 2.39. The third-order valence-electron chi connectivity index (χ3n) is 2.95. The second-order valence-corrected chi connectivity index (χ2v) is 4.54. The number of aryl methyl sites for hydroxylation is 1. The van der Waals surface area contributed by atoms with Crippen LogP contribution < -0.4 is 10.5 Å². The van der Waals surface area contributed by atoms with Crippen LogP contribution >= 0.6 is 0 Å². The van der Waals surface area contributed by atoms with Crippen molar-refractivity contribution in [3.8, 4) is 5.75 Å². The first-order valence-electron chi connectivity index (χ1n) is 6.36. The topological polar surface area (TPSA) is 35.2 Å². The van der Waals surface area contributed by atoms with Crippen molar-refractivity contribution >= 4 is 0 Å². The van der Waals surface area contributed by atoms with E-state index in [1.54, 1.807) is 0 Å². The summed E-state index contributed by atoms with van der Waals surface area (Å²) in [6.07, 6.45) is 0.677. The van der Waals surface area contributed by atoms with Gasteiger partial charge in [-0.2, -0.15) is 0 Å². The van der Waals surface area contributed by atoms with E-state index >= 15 is 0 Å². The number of halogens is 1. The van der Waals surface area contributed by atoms with Crippen LogP contribution in [0.5, 0.6) is 5.75 Å². The van der Waals surface area contributed by atoms with E-state index in [1.807, 2.05) is 43.3 Å². The summed E-state index contributed by atoms with van der Waals surface area (Å²) in [7, 11) is 0. The van der Waals surface area contributed by atoms with Gasteiger partial charge in [-0.1, -0.05) is 36.4 Å². The van der Waals surface area contributed by atoms with Crippen molar-refractivity contribution in [2.24, 2.45) is 5.73 Å². The Balaban J connectivity index is 2.12. The molecule has 3 heteroatoms. The van der Waals surface area contributed by atoms with Gasteiger partial charge in [0.05, 0.1) is 0 Å². The summed E-state index contributed by atoms with van der Waals surface area (Å²) in [5.74, 6) is 0.00371. The number of rotatable bonds is 5. The molecule has 0 unspecified atom stereocenters. The van der Waals surface area contributed by atoms with E-state index in [-0.39, 0.29) is 5.82 Å². The quantitative estimate of drug-likeness (QED) is 0.894. The third kappa shape index (κ3) is 3.55. The van der Waals surface area contributed by atoms with Crippen molar-refractivity contribution in [2.75, 3.05) is 6.54 Å². The second kappa shape index (κ2) is 6.34. The molecule has 0 heterocycles. The number of benzene rings is 2. The molecule has 0 aliphatic rings. The SMILES string of the molecule is Cc1cc(CCN)cc(F)c1OCc1ccccc1. The van der Waals surface area contributed by atoms with Gasteiger partial charge in [-0.15, -0.1) is 0 Å². The zero-order valence-corrected chi connectivity index (χ0v) is 11.0. The van der Waals surface area contributed by atoms with Crippen LogP contribution in [-0.2, 0) is 13.0 Å². The molecule has 0 bridgehead atoms. The van der Waals surface area contributed by atoms with Gasteiger partial charge >= 0.3 is 0 Å². The van der Waals surface area contributed by atoms with Crippen molar-refractivity contribution in [1.29, 1.82) is 0 Å². The minimum atomic E-state index is -0.320. The summed E-state index contributed by atoms with van der Waals surface area (Å²) >= 11 is 0. The van der Waals surface area contributed by atoms with E-state index in [4.69, 9.17) is 10.5 Å². The highest BCUT2D eigenvalue weighted by molar-refractivity contribution is 5.38. The van der Waals surface area contributed by atoms with Gasteiger partial charge < -0.3 is 10.5 Å². The summed E-state index contributed by atoms with van der Waals surface area (Å²) < 4.78 is 19.6. The lowest BCUT2D eigenvalue weighted by Crippen LogP contribution is -2.05. The first kappa shape index (κ1) is 13.6. The largest absolute Gasteiger partial charge is 0.486 e. The van der Waals surface area contributed by atoms with E-state index in [0.717, 1.165) is 16.7 Å².